The quantitative estimate of drug-likeness (QED) is 0.498. The molecule has 150 valence electrons. The maximum absolute atomic E-state index is 5.83. The van der Waals surface area contributed by atoms with E-state index >= 15 is 0 Å². The molecule has 0 spiro atoms. The molecule has 0 radical (unpaired) electrons. The predicted octanol–water partition coefficient (Wildman–Crippen LogP) is 4.07. The highest BCUT2D eigenvalue weighted by Gasteiger charge is 2.48. The fraction of sp³-hybridized carbons (Fsp3) is 1.00. The van der Waals surface area contributed by atoms with Crippen LogP contribution in [-0.2, 0) is 8.85 Å². The molecule has 0 aromatic rings. The van der Waals surface area contributed by atoms with E-state index in [1.165, 1.54) is 26.2 Å². The first kappa shape index (κ1) is 23.3. The third-order valence-corrected chi connectivity index (χ3v) is 15.3. The third kappa shape index (κ3) is 5.88. The smallest absolute Gasteiger partial charge is 0.322 e. The van der Waals surface area contributed by atoms with Crippen molar-refractivity contribution in [3.63, 3.8) is 0 Å². The Balaban J connectivity index is 2.61. The molecule has 1 rings (SSSR count). The largest absolute Gasteiger partial charge is 0.397 e. The molecule has 1 saturated heterocycles. The molecule has 1 heterocycles. The molecule has 0 aliphatic carbocycles. The summed E-state index contributed by atoms with van der Waals surface area (Å²) in [4.78, 5) is 2.63. The monoisotopic (exact) mass is 388 g/mol. The average Bonchev–Trinajstić information content (AvgIpc) is 2.53. The van der Waals surface area contributed by atoms with Crippen molar-refractivity contribution >= 4 is 17.5 Å². The molecule has 6 heteroatoms. The number of hydrogen-bond donors (Lipinski definition) is 0. The molecule has 0 amide bonds. The molecule has 0 saturated carbocycles. The van der Waals surface area contributed by atoms with Gasteiger partial charge in [0.25, 0.3) is 0 Å². The fourth-order valence-electron chi connectivity index (χ4n) is 5.33. The summed E-state index contributed by atoms with van der Waals surface area (Å²) in [5.74, 6) is 0. The topological polar surface area (TPSA) is 24.9 Å². The van der Waals surface area contributed by atoms with Gasteiger partial charge in [0.1, 0.15) is 8.24 Å². The van der Waals surface area contributed by atoms with Crippen molar-refractivity contribution in [3.05, 3.63) is 0 Å². The van der Waals surface area contributed by atoms with Crippen LogP contribution in [-0.4, -0.2) is 72.9 Å². The van der Waals surface area contributed by atoms with Crippen molar-refractivity contribution in [3.8, 4) is 0 Å². The van der Waals surface area contributed by atoms with Crippen molar-refractivity contribution in [2.75, 3.05) is 45.9 Å². The van der Waals surface area contributed by atoms with E-state index in [1.54, 1.807) is 0 Å². The molecule has 1 aliphatic rings. The van der Waals surface area contributed by atoms with Crippen LogP contribution in [0.25, 0.3) is 0 Å². The minimum atomic E-state index is -1.46. The Kier molecular flexibility index (Phi) is 10.4. The molecule has 0 aromatic carbocycles. The SMILES string of the molecule is CCO[SiH](CCN1CCN([Si](C(C)C)(C(C)C)C(C)C)CC1)OCC. The van der Waals surface area contributed by atoms with Crippen LogP contribution < -0.4 is 0 Å². The van der Waals surface area contributed by atoms with E-state index in [2.05, 4.69) is 64.9 Å². The van der Waals surface area contributed by atoms with Crippen LogP contribution in [0.5, 0.6) is 0 Å². The minimum Gasteiger partial charge on any atom is -0.397 e. The van der Waals surface area contributed by atoms with Gasteiger partial charge in [0.05, 0.1) is 0 Å². The van der Waals surface area contributed by atoms with Crippen LogP contribution in [0.4, 0.5) is 0 Å². The van der Waals surface area contributed by atoms with Crippen molar-refractivity contribution in [1.29, 1.82) is 0 Å². The van der Waals surface area contributed by atoms with Gasteiger partial charge in [0, 0.05) is 45.4 Å². The van der Waals surface area contributed by atoms with Gasteiger partial charge < -0.3 is 18.3 Å². The lowest BCUT2D eigenvalue weighted by molar-refractivity contribution is 0.171. The first-order valence-electron chi connectivity index (χ1n) is 10.5. The maximum atomic E-state index is 5.83. The highest BCUT2D eigenvalue weighted by atomic mass is 28.3. The van der Waals surface area contributed by atoms with E-state index in [0.717, 1.165) is 42.4 Å². The molecular weight excluding hydrogens is 344 g/mol. The van der Waals surface area contributed by atoms with Crippen molar-refractivity contribution < 1.29 is 8.85 Å². The zero-order valence-electron chi connectivity index (χ0n) is 18.2. The van der Waals surface area contributed by atoms with Gasteiger partial charge in [-0.3, -0.25) is 0 Å². The van der Waals surface area contributed by atoms with E-state index in [9.17, 15) is 0 Å². The van der Waals surface area contributed by atoms with Crippen LogP contribution in [0.2, 0.25) is 22.7 Å². The standard InChI is InChI=1S/C19H44N2O2Si2/c1-9-22-24(23-10-2)16-15-20-11-13-21(14-12-20)25(17(3)4,18(5)6)19(7)8/h17-19,24H,9-16H2,1-8H3. The molecule has 0 aromatic heterocycles. The Labute approximate surface area is 160 Å². The van der Waals surface area contributed by atoms with Crippen LogP contribution in [0, 0.1) is 0 Å². The van der Waals surface area contributed by atoms with Crippen molar-refractivity contribution in [2.45, 2.75) is 78.1 Å². The number of nitrogens with zero attached hydrogens (tertiary/aromatic N) is 2. The fourth-order valence-corrected chi connectivity index (χ4v) is 14.2. The summed E-state index contributed by atoms with van der Waals surface area (Å²) in [7, 11) is -2.91. The molecule has 25 heavy (non-hydrogen) atoms. The second-order valence-electron chi connectivity index (χ2n) is 8.31. The molecule has 1 fully saturated rings. The molecule has 0 N–H and O–H groups in total. The average molecular weight is 389 g/mol. The molecule has 4 nitrogen and oxygen atoms in total. The second kappa shape index (κ2) is 11.2. The van der Waals surface area contributed by atoms with Gasteiger partial charge in [-0.15, -0.1) is 0 Å². The lowest BCUT2D eigenvalue weighted by atomic mass is 10.4. The summed E-state index contributed by atoms with van der Waals surface area (Å²) >= 11 is 0. The van der Waals surface area contributed by atoms with Crippen LogP contribution >= 0.6 is 0 Å². The highest BCUT2D eigenvalue weighted by Crippen LogP contribution is 2.44. The molecule has 1 aliphatic heterocycles. The summed E-state index contributed by atoms with van der Waals surface area (Å²) in [5.41, 5.74) is 2.44. The Hall–Kier alpha value is 0.274. The van der Waals surface area contributed by atoms with Crippen LogP contribution in [0.1, 0.15) is 55.4 Å². The summed E-state index contributed by atoms with van der Waals surface area (Å²) in [6.45, 7) is 26.6. The first-order valence-corrected chi connectivity index (χ1v) is 14.4. The van der Waals surface area contributed by atoms with Gasteiger partial charge in [-0.05, 0) is 37.0 Å². The Morgan fingerprint density at radius 2 is 1.24 bits per heavy atom. The van der Waals surface area contributed by atoms with Gasteiger partial charge in [0.15, 0.2) is 0 Å². The van der Waals surface area contributed by atoms with Gasteiger partial charge in [-0.25, -0.2) is 0 Å². The zero-order valence-corrected chi connectivity index (χ0v) is 20.3. The lowest BCUT2D eigenvalue weighted by Crippen LogP contribution is -2.65. The maximum Gasteiger partial charge on any atom is 0.322 e. The summed E-state index contributed by atoms with van der Waals surface area (Å²) in [6.07, 6.45) is 0. The molecule has 0 atom stereocenters. The minimum absolute atomic E-state index is 0.788. The summed E-state index contributed by atoms with van der Waals surface area (Å²) < 4.78 is 14.6. The van der Waals surface area contributed by atoms with Gasteiger partial charge in [0.2, 0.25) is 0 Å². The summed E-state index contributed by atoms with van der Waals surface area (Å²) in [5, 5.41) is 0. The number of hydrogen-bond acceptors (Lipinski definition) is 4. The highest BCUT2D eigenvalue weighted by molar-refractivity contribution is 6.81. The van der Waals surface area contributed by atoms with E-state index in [4.69, 9.17) is 8.85 Å². The van der Waals surface area contributed by atoms with Crippen LogP contribution in [0.15, 0.2) is 0 Å². The van der Waals surface area contributed by atoms with Gasteiger partial charge >= 0.3 is 9.28 Å². The van der Waals surface area contributed by atoms with E-state index in [-0.39, 0.29) is 0 Å². The first-order chi connectivity index (χ1) is 11.8. The Bertz CT molecular complexity index is 332. The van der Waals surface area contributed by atoms with Crippen molar-refractivity contribution in [2.24, 2.45) is 0 Å². The molecule has 0 bridgehead atoms. The van der Waals surface area contributed by atoms with Crippen molar-refractivity contribution in [1.82, 2.24) is 9.47 Å². The number of rotatable bonds is 11. The molecular formula is C19H44N2O2Si2. The van der Waals surface area contributed by atoms with Gasteiger partial charge in [-0.2, -0.15) is 0 Å². The zero-order chi connectivity index (χ0) is 19.0. The van der Waals surface area contributed by atoms with E-state index < -0.39 is 17.5 Å². The third-order valence-electron chi connectivity index (χ3n) is 6.08. The normalized spacial score (nSPS) is 18.2. The second-order valence-corrected chi connectivity index (χ2v) is 16.3. The van der Waals surface area contributed by atoms with Gasteiger partial charge in [-0.1, -0.05) is 41.5 Å². The van der Waals surface area contributed by atoms with Crippen LogP contribution in [0.3, 0.4) is 0 Å². The van der Waals surface area contributed by atoms with E-state index in [0.29, 0.717) is 0 Å². The Morgan fingerprint density at radius 3 is 1.60 bits per heavy atom. The van der Waals surface area contributed by atoms with E-state index in [1.807, 2.05) is 0 Å². The summed E-state index contributed by atoms with van der Waals surface area (Å²) in [6, 6.07) is 1.11. The number of piperazine rings is 1. The predicted molar refractivity (Wildman–Crippen MR) is 114 cm³/mol. The lowest BCUT2D eigenvalue weighted by Gasteiger charge is -2.53. The Morgan fingerprint density at radius 1 is 0.800 bits per heavy atom. The molecule has 0 unspecified atom stereocenters.